The molecule has 2 heterocycles. The van der Waals surface area contributed by atoms with E-state index in [9.17, 15) is 14.0 Å². The van der Waals surface area contributed by atoms with Crippen LogP contribution in [-0.2, 0) is 14.3 Å². The summed E-state index contributed by atoms with van der Waals surface area (Å²) in [5, 5.41) is 2.80. The number of rotatable bonds is 5. The van der Waals surface area contributed by atoms with E-state index < -0.39 is 0 Å². The number of hydrogen-bond donors (Lipinski definition) is 1. The van der Waals surface area contributed by atoms with E-state index in [1.165, 1.54) is 6.07 Å². The number of benzene rings is 1. The number of carbonyl (C=O) groups excluding carboxylic acids is 2. The Morgan fingerprint density at radius 1 is 1.00 bits per heavy atom. The van der Waals surface area contributed by atoms with Crippen molar-refractivity contribution in [2.75, 3.05) is 57.8 Å². The second-order valence-corrected chi connectivity index (χ2v) is 7.81. The monoisotopic (exact) mass is 406 g/mol. The van der Waals surface area contributed by atoms with Gasteiger partial charge in [0.2, 0.25) is 11.8 Å². The van der Waals surface area contributed by atoms with Crippen LogP contribution in [0, 0.1) is 12.7 Å². The molecule has 0 spiro atoms. The Hall–Kier alpha value is -2.03. The summed E-state index contributed by atoms with van der Waals surface area (Å²) >= 11 is 0. The zero-order chi connectivity index (χ0) is 21.0. The van der Waals surface area contributed by atoms with Crippen molar-refractivity contribution in [3.05, 3.63) is 29.6 Å². The Balaban J connectivity index is 1.49. The molecule has 2 saturated heterocycles. The zero-order valence-corrected chi connectivity index (χ0v) is 17.5. The number of ether oxygens (including phenoxy) is 1. The van der Waals surface area contributed by atoms with Crippen LogP contribution in [0.2, 0.25) is 0 Å². The van der Waals surface area contributed by atoms with Gasteiger partial charge in [-0.1, -0.05) is 6.07 Å². The number of nitrogens with one attached hydrogen (secondary N) is 1. The first-order valence-corrected chi connectivity index (χ1v) is 10.3. The van der Waals surface area contributed by atoms with Gasteiger partial charge < -0.3 is 15.0 Å². The predicted octanol–water partition coefficient (Wildman–Crippen LogP) is 1.33. The molecule has 0 saturated carbocycles. The molecule has 0 aromatic heterocycles. The molecule has 29 heavy (non-hydrogen) atoms. The van der Waals surface area contributed by atoms with Crippen LogP contribution in [0.1, 0.15) is 19.4 Å². The van der Waals surface area contributed by atoms with E-state index in [1.54, 1.807) is 19.1 Å². The number of hydrogen-bond acceptors (Lipinski definition) is 5. The highest BCUT2D eigenvalue weighted by molar-refractivity contribution is 5.94. The SMILES string of the molecule is Cc1ccc(NC(=O)C(C)N2CCN(C(C)C(=O)N3CCOCC3)CC2)cc1F. The van der Waals surface area contributed by atoms with E-state index in [2.05, 4.69) is 15.1 Å². The van der Waals surface area contributed by atoms with Gasteiger partial charge in [-0.15, -0.1) is 0 Å². The van der Waals surface area contributed by atoms with Gasteiger partial charge in [-0.25, -0.2) is 4.39 Å². The van der Waals surface area contributed by atoms with Gasteiger partial charge in [0.25, 0.3) is 0 Å². The van der Waals surface area contributed by atoms with E-state index in [0.29, 0.717) is 50.6 Å². The van der Waals surface area contributed by atoms with Crippen molar-refractivity contribution < 1.29 is 18.7 Å². The fourth-order valence-corrected chi connectivity index (χ4v) is 3.80. The minimum absolute atomic E-state index is 0.147. The summed E-state index contributed by atoms with van der Waals surface area (Å²) in [6.45, 7) is 10.9. The Kier molecular flexibility index (Phi) is 7.21. The molecule has 2 aliphatic heterocycles. The maximum atomic E-state index is 13.7. The fourth-order valence-electron chi connectivity index (χ4n) is 3.80. The lowest BCUT2D eigenvalue weighted by Crippen LogP contribution is -2.58. The maximum Gasteiger partial charge on any atom is 0.241 e. The molecule has 2 amide bonds. The summed E-state index contributed by atoms with van der Waals surface area (Å²) in [7, 11) is 0. The van der Waals surface area contributed by atoms with Crippen LogP contribution in [0.3, 0.4) is 0 Å². The minimum Gasteiger partial charge on any atom is -0.378 e. The normalized spacial score (nSPS) is 20.9. The van der Waals surface area contributed by atoms with Crippen molar-refractivity contribution in [3.8, 4) is 0 Å². The third-order valence-corrected chi connectivity index (χ3v) is 5.94. The molecular formula is C21H31FN4O3. The molecule has 0 radical (unpaired) electrons. The summed E-state index contributed by atoms with van der Waals surface area (Å²) in [6, 6.07) is 4.21. The van der Waals surface area contributed by atoms with Crippen molar-refractivity contribution >= 4 is 17.5 Å². The van der Waals surface area contributed by atoms with E-state index in [1.807, 2.05) is 18.7 Å². The number of carbonyl (C=O) groups is 2. The van der Waals surface area contributed by atoms with Gasteiger partial charge in [-0.05, 0) is 38.5 Å². The summed E-state index contributed by atoms with van der Waals surface area (Å²) < 4.78 is 19.0. The summed E-state index contributed by atoms with van der Waals surface area (Å²) in [6.07, 6.45) is 0. The minimum atomic E-state index is -0.331. The predicted molar refractivity (Wildman–Crippen MR) is 109 cm³/mol. The molecule has 3 rings (SSSR count). The smallest absolute Gasteiger partial charge is 0.241 e. The molecule has 0 aliphatic carbocycles. The second kappa shape index (κ2) is 9.65. The first kappa shape index (κ1) is 21.7. The quantitative estimate of drug-likeness (QED) is 0.799. The second-order valence-electron chi connectivity index (χ2n) is 7.81. The Morgan fingerprint density at radius 2 is 1.59 bits per heavy atom. The summed E-state index contributed by atoms with van der Waals surface area (Å²) in [5.41, 5.74) is 1.02. The van der Waals surface area contributed by atoms with Crippen LogP contribution in [-0.4, -0.2) is 91.1 Å². The number of piperazine rings is 1. The molecule has 1 aromatic rings. The lowest BCUT2D eigenvalue weighted by molar-refractivity contribution is -0.141. The molecule has 0 bridgehead atoms. The first-order chi connectivity index (χ1) is 13.9. The zero-order valence-electron chi connectivity index (χ0n) is 17.5. The lowest BCUT2D eigenvalue weighted by Gasteiger charge is -2.41. The third kappa shape index (κ3) is 5.32. The Bertz CT molecular complexity index is 731. The van der Waals surface area contributed by atoms with Crippen molar-refractivity contribution in [1.82, 2.24) is 14.7 Å². The molecular weight excluding hydrogens is 375 g/mol. The molecule has 8 heteroatoms. The van der Waals surface area contributed by atoms with E-state index in [-0.39, 0.29) is 29.7 Å². The molecule has 7 nitrogen and oxygen atoms in total. The number of aryl methyl sites for hydroxylation is 1. The molecule has 2 aliphatic rings. The molecule has 1 aromatic carbocycles. The van der Waals surface area contributed by atoms with Crippen molar-refractivity contribution in [2.45, 2.75) is 32.9 Å². The molecule has 160 valence electrons. The van der Waals surface area contributed by atoms with Gasteiger partial charge >= 0.3 is 0 Å². The summed E-state index contributed by atoms with van der Waals surface area (Å²) in [4.78, 5) is 31.4. The number of anilines is 1. The van der Waals surface area contributed by atoms with Crippen molar-refractivity contribution in [1.29, 1.82) is 0 Å². The van der Waals surface area contributed by atoms with E-state index >= 15 is 0 Å². The number of nitrogens with zero attached hydrogens (tertiary/aromatic N) is 3. The van der Waals surface area contributed by atoms with Gasteiger partial charge in [-0.3, -0.25) is 19.4 Å². The third-order valence-electron chi connectivity index (χ3n) is 5.94. The maximum absolute atomic E-state index is 13.7. The average Bonchev–Trinajstić information content (AvgIpc) is 2.75. The van der Waals surface area contributed by atoms with Crippen LogP contribution in [0.5, 0.6) is 0 Å². The topological polar surface area (TPSA) is 65.1 Å². The van der Waals surface area contributed by atoms with Gasteiger partial charge in [0.15, 0.2) is 0 Å². The van der Waals surface area contributed by atoms with Crippen molar-refractivity contribution in [2.24, 2.45) is 0 Å². The van der Waals surface area contributed by atoms with E-state index in [0.717, 1.165) is 13.1 Å². The van der Waals surface area contributed by atoms with Crippen LogP contribution < -0.4 is 5.32 Å². The highest BCUT2D eigenvalue weighted by Crippen LogP contribution is 2.16. The van der Waals surface area contributed by atoms with E-state index in [4.69, 9.17) is 4.74 Å². The van der Waals surface area contributed by atoms with Crippen LogP contribution in [0.4, 0.5) is 10.1 Å². The van der Waals surface area contributed by atoms with Crippen molar-refractivity contribution in [3.63, 3.8) is 0 Å². The molecule has 1 N–H and O–H groups in total. The molecule has 2 fully saturated rings. The number of amides is 2. The summed E-state index contributed by atoms with van der Waals surface area (Å²) in [5.74, 6) is -0.337. The first-order valence-electron chi connectivity index (χ1n) is 10.3. The van der Waals surface area contributed by atoms with Crippen LogP contribution >= 0.6 is 0 Å². The Labute approximate surface area is 171 Å². The fraction of sp³-hybridized carbons (Fsp3) is 0.619. The van der Waals surface area contributed by atoms with Gasteiger partial charge in [0.1, 0.15) is 5.82 Å². The van der Waals surface area contributed by atoms with Crippen LogP contribution in [0.15, 0.2) is 18.2 Å². The lowest BCUT2D eigenvalue weighted by atomic mass is 10.1. The largest absolute Gasteiger partial charge is 0.378 e. The molecule has 2 unspecified atom stereocenters. The van der Waals surface area contributed by atoms with Gasteiger partial charge in [-0.2, -0.15) is 0 Å². The standard InChI is InChI=1S/C21H31FN4O3/c1-15-4-5-18(14-19(15)22)23-20(27)16(2)24-6-8-25(9-7-24)17(3)21(28)26-10-12-29-13-11-26/h4-5,14,16-17H,6-13H2,1-3H3,(H,23,27). The highest BCUT2D eigenvalue weighted by Gasteiger charge is 2.32. The van der Waals surface area contributed by atoms with Gasteiger partial charge in [0.05, 0.1) is 25.3 Å². The van der Waals surface area contributed by atoms with Gasteiger partial charge in [0, 0.05) is 45.0 Å². The van der Waals surface area contributed by atoms with Crippen LogP contribution in [0.25, 0.3) is 0 Å². The molecule has 2 atom stereocenters. The highest BCUT2D eigenvalue weighted by atomic mass is 19.1. The Morgan fingerprint density at radius 3 is 2.17 bits per heavy atom. The number of morpholine rings is 1. The number of halogens is 1. The average molecular weight is 407 g/mol.